The van der Waals surface area contributed by atoms with E-state index in [1.54, 1.807) is 0 Å². The van der Waals surface area contributed by atoms with Crippen LogP contribution in [0.4, 0.5) is 11.6 Å². The van der Waals surface area contributed by atoms with Crippen molar-refractivity contribution in [2.75, 3.05) is 37.3 Å². The smallest absolute Gasteiger partial charge is 0.134 e. The first-order valence-electron chi connectivity index (χ1n) is 7.98. The van der Waals surface area contributed by atoms with Gasteiger partial charge in [0, 0.05) is 24.7 Å². The van der Waals surface area contributed by atoms with Crippen LogP contribution >= 0.6 is 0 Å². The molecule has 0 amide bonds. The van der Waals surface area contributed by atoms with Crippen molar-refractivity contribution >= 4 is 11.6 Å². The third kappa shape index (κ3) is 5.87. The van der Waals surface area contributed by atoms with E-state index in [2.05, 4.69) is 60.2 Å². The van der Waals surface area contributed by atoms with E-state index in [9.17, 15) is 0 Å². The highest BCUT2D eigenvalue weighted by atomic mass is 15.1. The van der Waals surface area contributed by atoms with Crippen molar-refractivity contribution in [3.05, 3.63) is 11.4 Å². The SMILES string of the molecule is CCCNc1nc(C)nc(NCCCN(C)C(C)C)c1C. The number of rotatable bonds is 9. The molecule has 1 aromatic rings. The van der Waals surface area contributed by atoms with Gasteiger partial charge in [0.05, 0.1) is 0 Å². The molecule has 0 aromatic carbocycles. The van der Waals surface area contributed by atoms with Crippen molar-refractivity contribution < 1.29 is 0 Å². The molecule has 1 rings (SSSR count). The summed E-state index contributed by atoms with van der Waals surface area (Å²) >= 11 is 0. The van der Waals surface area contributed by atoms with Gasteiger partial charge >= 0.3 is 0 Å². The largest absolute Gasteiger partial charge is 0.370 e. The summed E-state index contributed by atoms with van der Waals surface area (Å²) in [6.07, 6.45) is 2.20. The number of nitrogens with one attached hydrogen (secondary N) is 2. The molecule has 0 saturated heterocycles. The van der Waals surface area contributed by atoms with Gasteiger partial charge in [-0.05, 0) is 54.1 Å². The van der Waals surface area contributed by atoms with Gasteiger partial charge in [0.1, 0.15) is 17.5 Å². The highest BCUT2D eigenvalue weighted by Gasteiger charge is 2.08. The van der Waals surface area contributed by atoms with Gasteiger partial charge in [-0.15, -0.1) is 0 Å². The van der Waals surface area contributed by atoms with Crippen LogP contribution in [0.15, 0.2) is 0 Å². The van der Waals surface area contributed by atoms with Crippen LogP contribution in [-0.2, 0) is 0 Å². The Kier molecular flexibility index (Phi) is 7.43. The molecule has 1 aromatic heterocycles. The van der Waals surface area contributed by atoms with Gasteiger partial charge in [0.2, 0.25) is 0 Å². The summed E-state index contributed by atoms with van der Waals surface area (Å²) < 4.78 is 0. The fraction of sp³-hybridized carbons (Fsp3) is 0.750. The molecule has 0 saturated carbocycles. The van der Waals surface area contributed by atoms with Crippen molar-refractivity contribution in [1.82, 2.24) is 14.9 Å². The maximum atomic E-state index is 4.52. The second-order valence-corrected chi connectivity index (χ2v) is 5.87. The van der Waals surface area contributed by atoms with Crippen molar-refractivity contribution in [2.45, 2.75) is 53.5 Å². The highest BCUT2D eigenvalue weighted by Crippen LogP contribution is 2.19. The van der Waals surface area contributed by atoms with Gasteiger partial charge in [-0.2, -0.15) is 0 Å². The van der Waals surface area contributed by atoms with Crippen LogP contribution < -0.4 is 10.6 Å². The summed E-state index contributed by atoms with van der Waals surface area (Å²) in [7, 11) is 2.16. The third-order valence-corrected chi connectivity index (χ3v) is 3.66. The molecule has 5 heteroatoms. The fourth-order valence-corrected chi connectivity index (χ4v) is 2.01. The van der Waals surface area contributed by atoms with Crippen LogP contribution in [0.3, 0.4) is 0 Å². The first kappa shape index (κ1) is 17.7. The maximum Gasteiger partial charge on any atom is 0.134 e. The van der Waals surface area contributed by atoms with E-state index in [4.69, 9.17) is 0 Å². The lowest BCUT2D eigenvalue weighted by Gasteiger charge is -2.21. The van der Waals surface area contributed by atoms with E-state index < -0.39 is 0 Å². The van der Waals surface area contributed by atoms with E-state index in [-0.39, 0.29) is 0 Å². The number of aryl methyl sites for hydroxylation is 1. The van der Waals surface area contributed by atoms with E-state index in [0.29, 0.717) is 6.04 Å². The van der Waals surface area contributed by atoms with Gasteiger partial charge < -0.3 is 15.5 Å². The van der Waals surface area contributed by atoms with Crippen molar-refractivity contribution in [3.8, 4) is 0 Å². The maximum absolute atomic E-state index is 4.52. The normalized spacial score (nSPS) is 11.2. The molecule has 0 spiro atoms. The Hall–Kier alpha value is -1.36. The molecule has 0 bridgehead atoms. The van der Waals surface area contributed by atoms with Crippen LogP contribution in [0, 0.1) is 13.8 Å². The monoisotopic (exact) mass is 293 g/mol. The molecule has 2 N–H and O–H groups in total. The van der Waals surface area contributed by atoms with E-state index in [1.807, 2.05) is 6.92 Å². The summed E-state index contributed by atoms with van der Waals surface area (Å²) in [6, 6.07) is 0.595. The molecule has 120 valence electrons. The van der Waals surface area contributed by atoms with Crippen LogP contribution in [0.2, 0.25) is 0 Å². The number of hydrogen-bond acceptors (Lipinski definition) is 5. The third-order valence-electron chi connectivity index (χ3n) is 3.66. The molecule has 0 unspecified atom stereocenters. The molecule has 0 atom stereocenters. The van der Waals surface area contributed by atoms with Gasteiger partial charge in [-0.1, -0.05) is 6.92 Å². The molecule has 0 fully saturated rings. The summed E-state index contributed by atoms with van der Waals surface area (Å²) in [5.41, 5.74) is 1.10. The van der Waals surface area contributed by atoms with Gasteiger partial charge in [0.15, 0.2) is 0 Å². The summed E-state index contributed by atoms with van der Waals surface area (Å²) in [6.45, 7) is 13.6. The first-order valence-corrected chi connectivity index (χ1v) is 7.98. The van der Waals surface area contributed by atoms with Gasteiger partial charge in [-0.25, -0.2) is 9.97 Å². The van der Waals surface area contributed by atoms with Crippen LogP contribution in [0.1, 0.15) is 45.0 Å². The molecule has 0 aliphatic rings. The average Bonchev–Trinajstić information content (AvgIpc) is 2.44. The fourth-order valence-electron chi connectivity index (χ4n) is 2.01. The highest BCUT2D eigenvalue weighted by molar-refractivity contribution is 5.57. The Morgan fingerprint density at radius 1 is 1.05 bits per heavy atom. The zero-order valence-corrected chi connectivity index (χ0v) is 14.5. The first-order chi connectivity index (χ1) is 9.95. The topological polar surface area (TPSA) is 53.1 Å². The Morgan fingerprint density at radius 2 is 1.62 bits per heavy atom. The Bertz CT molecular complexity index is 431. The Morgan fingerprint density at radius 3 is 2.14 bits per heavy atom. The molecule has 0 aliphatic heterocycles. The summed E-state index contributed by atoms with van der Waals surface area (Å²) in [5.74, 6) is 2.71. The predicted octanol–water partition coefficient (Wildman–Crippen LogP) is 3.06. The van der Waals surface area contributed by atoms with E-state index >= 15 is 0 Å². The molecule has 5 nitrogen and oxygen atoms in total. The zero-order valence-electron chi connectivity index (χ0n) is 14.5. The van der Waals surface area contributed by atoms with Gasteiger partial charge in [-0.3, -0.25) is 0 Å². The van der Waals surface area contributed by atoms with Crippen molar-refractivity contribution in [1.29, 1.82) is 0 Å². The molecule has 0 aliphatic carbocycles. The molecule has 0 radical (unpaired) electrons. The van der Waals surface area contributed by atoms with Crippen LogP contribution in [-0.4, -0.2) is 47.6 Å². The number of aromatic nitrogens is 2. The minimum absolute atomic E-state index is 0.595. The minimum atomic E-state index is 0.595. The second-order valence-electron chi connectivity index (χ2n) is 5.87. The summed E-state index contributed by atoms with van der Waals surface area (Å²) in [5, 5.41) is 6.82. The minimum Gasteiger partial charge on any atom is -0.370 e. The molecular weight excluding hydrogens is 262 g/mol. The zero-order chi connectivity index (χ0) is 15.8. The van der Waals surface area contributed by atoms with Crippen molar-refractivity contribution in [2.24, 2.45) is 0 Å². The van der Waals surface area contributed by atoms with Crippen LogP contribution in [0.25, 0.3) is 0 Å². The molecule has 1 heterocycles. The van der Waals surface area contributed by atoms with Crippen LogP contribution in [0.5, 0.6) is 0 Å². The lowest BCUT2D eigenvalue weighted by molar-refractivity contribution is 0.273. The number of nitrogens with zero attached hydrogens (tertiary/aromatic N) is 3. The second kappa shape index (κ2) is 8.82. The molecular formula is C16H31N5. The number of hydrogen-bond donors (Lipinski definition) is 2. The van der Waals surface area contributed by atoms with Crippen molar-refractivity contribution in [3.63, 3.8) is 0 Å². The standard InChI is InChI=1S/C16H31N5/c1-7-9-17-15-13(4)16(20-14(5)19-15)18-10-8-11-21(6)12(2)3/h12H,7-11H2,1-6H3,(H2,17,18,19,20). The Balaban J connectivity index is 2.56. The quantitative estimate of drug-likeness (QED) is 0.685. The number of anilines is 2. The van der Waals surface area contributed by atoms with E-state index in [0.717, 1.165) is 55.5 Å². The predicted molar refractivity (Wildman–Crippen MR) is 91.2 cm³/mol. The molecule has 21 heavy (non-hydrogen) atoms. The Labute approximate surface area is 129 Å². The lowest BCUT2D eigenvalue weighted by Crippen LogP contribution is -2.28. The summed E-state index contributed by atoms with van der Waals surface area (Å²) in [4.78, 5) is 11.4. The average molecular weight is 293 g/mol. The van der Waals surface area contributed by atoms with Gasteiger partial charge in [0.25, 0.3) is 0 Å². The lowest BCUT2D eigenvalue weighted by atomic mass is 10.2. The van der Waals surface area contributed by atoms with E-state index in [1.165, 1.54) is 0 Å².